The minimum atomic E-state index is -0.0384. The lowest BCUT2D eigenvalue weighted by Gasteiger charge is -2.30. The molecule has 0 spiro atoms. The number of carbonyl (C=O) groups excluding carboxylic acids is 1. The van der Waals surface area contributed by atoms with Gasteiger partial charge in [-0.2, -0.15) is 0 Å². The highest BCUT2D eigenvalue weighted by Gasteiger charge is 2.26. The van der Waals surface area contributed by atoms with Crippen molar-refractivity contribution in [3.8, 4) is 11.5 Å². The minimum Gasteiger partial charge on any atom is -0.493 e. The molecule has 0 atom stereocenters. The van der Waals surface area contributed by atoms with E-state index in [-0.39, 0.29) is 5.91 Å². The highest BCUT2D eigenvalue weighted by atomic mass is 16.5. The smallest absolute Gasteiger partial charge is 0.272 e. The Kier molecular flexibility index (Phi) is 4.13. The highest BCUT2D eigenvalue weighted by molar-refractivity contribution is 5.98. The number of rotatable bonds is 3. The number of nitrogens with zero attached hydrogens (tertiary/aromatic N) is 2. The molecule has 0 unspecified atom stereocenters. The Bertz CT molecular complexity index is 795. The molecule has 6 heteroatoms. The van der Waals surface area contributed by atoms with Gasteiger partial charge < -0.3 is 24.7 Å². The number of hydrogen-bond acceptors (Lipinski definition) is 4. The fourth-order valence-electron chi connectivity index (χ4n) is 3.23. The molecule has 0 saturated heterocycles. The molecule has 1 aliphatic rings. The first-order valence-corrected chi connectivity index (χ1v) is 7.91. The number of methoxy groups -OCH3 is 2. The van der Waals surface area contributed by atoms with Crippen molar-refractivity contribution in [3.63, 3.8) is 0 Å². The Labute approximate surface area is 141 Å². The van der Waals surface area contributed by atoms with Gasteiger partial charge in [-0.3, -0.25) is 4.79 Å². The van der Waals surface area contributed by atoms with Crippen LogP contribution in [0.25, 0.3) is 0 Å². The summed E-state index contributed by atoms with van der Waals surface area (Å²) in [6.45, 7) is 3.14. The van der Waals surface area contributed by atoms with E-state index in [0.29, 0.717) is 30.2 Å². The van der Waals surface area contributed by atoms with Crippen LogP contribution in [-0.4, -0.2) is 36.1 Å². The van der Waals surface area contributed by atoms with Crippen molar-refractivity contribution in [2.45, 2.75) is 19.9 Å². The fraction of sp³-hybridized carbons (Fsp3) is 0.389. The summed E-state index contributed by atoms with van der Waals surface area (Å²) in [5.41, 5.74) is 10.3. The summed E-state index contributed by atoms with van der Waals surface area (Å²) >= 11 is 0. The van der Waals surface area contributed by atoms with E-state index in [0.717, 1.165) is 23.4 Å². The molecule has 24 heavy (non-hydrogen) atoms. The third-order valence-electron chi connectivity index (χ3n) is 4.71. The second-order valence-corrected chi connectivity index (χ2v) is 6.10. The predicted molar refractivity (Wildman–Crippen MR) is 92.6 cm³/mol. The first-order chi connectivity index (χ1) is 11.5. The number of aromatic nitrogens is 1. The number of nitrogen functional groups attached to an aromatic ring is 1. The van der Waals surface area contributed by atoms with E-state index >= 15 is 0 Å². The van der Waals surface area contributed by atoms with Gasteiger partial charge >= 0.3 is 0 Å². The molecule has 1 aliphatic heterocycles. The summed E-state index contributed by atoms with van der Waals surface area (Å²) in [6.07, 6.45) is 0.782. The molecule has 0 bridgehead atoms. The molecule has 0 fully saturated rings. The van der Waals surface area contributed by atoms with E-state index in [1.165, 1.54) is 5.56 Å². The van der Waals surface area contributed by atoms with Crippen LogP contribution in [0.2, 0.25) is 0 Å². The number of anilines is 1. The van der Waals surface area contributed by atoms with E-state index in [1.54, 1.807) is 14.2 Å². The Morgan fingerprint density at radius 1 is 1.12 bits per heavy atom. The third kappa shape index (κ3) is 2.58. The van der Waals surface area contributed by atoms with Crippen LogP contribution in [0.1, 0.15) is 27.3 Å². The summed E-state index contributed by atoms with van der Waals surface area (Å²) in [5.74, 6) is 1.36. The van der Waals surface area contributed by atoms with E-state index < -0.39 is 0 Å². The zero-order valence-electron chi connectivity index (χ0n) is 14.5. The van der Waals surface area contributed by atoms with Gasteiger partial charge in [-0.15, -0.1) is 0 Å². The minimum absolute atomic E-state index is 0.0384. The van der Waals surface area contributed by atoms with Gasteiger partial charge in [0, 0.05) is 25.8 Å². The number of aryl methyl sites for hydroxylation is 1. The lowest BCUT2D eigenvalue weighted by molar-refractivity contribution is 0.0725. The Balaban J connectivity index is 1.91. The molecule has 2 aromatic rings. The van der Waals surface area contributed by atoms with Gasteiger partial charge in [0.2, 0.25) is 0 Å². The third-order valence-corrected chi connectivity index (χ3v) is 4.71. The first kappa shape index (κ1) is 16.2. The summed E-state index contributed by atoms with van der Waals surface area (Å²) in [6, 6.07) is 5.78. The van der Waals surface area contributed by atoms with Crippen LogP contribution in [0.3, 0.4) is 0 Å². The monoisotopic (exact) mass is 329 g/mol. The zero-order valence-corrected chi connectivity index (χ0v) is 14.5. The number of carbonyl (C=O) groups is 1. The summed E-state index contributed by atoms with van der Waals surface area (Å²) < 4.78 is 12.6. The quantitative estimate of drug-likeness (QED) is 0.936. The molecule has 2 N–H and O–H groups in total. The van der Waals surface area contributed by atoms with Crippen LogP contribution in [0.15, 0.2) is 18.2 Å². The zero-order chi connectivity index (χ0) is 17.4. The number of ether oxygens (including phenoxy) is 2. The van der Waals surface area contributed by atoms with Gasteiger partial charge in [-0.25, -0.2) is 0 Å². The number of amides is 1. The maximum Gasteiger partial charge on any atom is 0.272 e. The molecular formula is C18H23N3O3. The van der Waals surface area contributed by atoms with Gasteiger partial charge in [-0.05, 0) is 42.7 Å². The number of hydrogen-bond donors (Lipinski definition) is 1. The van der Waals surface area contributed by atoms with Crippen molar-refractivity contribution in [2.75, 3.05) is 26.5 Å². The lowest BCUT2D eigenvalue weighted by atomic mass is 9.98. The molecule has 0 radical (unpaired) electrons. The maximum atomic E-state index is 12.9. The van der Waals surface area contributed by atoms with E-state index in [2.05, 4.69) is 0 Å². The molecule has 1 aromatic carbocycles. The maximum absolute atomic E-state index is 12.9. The molecular weight excluding hydrogens is 306 g/mol. The van der Waals surface area contributed by atoms with Crippen molar-refractivity contribution < 1.29 is 14.3 Å². The molecule has 0 aliphatic carbocycles. The number of fused-ring (bicyclic) bond motifs is 1. The standard InChI is InChI=1S/C18H23N3O3/c1-11-7-14(19)17(20(11)2)18(22)21-6-5-12-8-15(23-3)16(24-4)9-13(12)10-21/h7-9H,5-6,10,19H2,1-4H3. The summed E-state index contributed by atoms with van der Waals surface area (Å²) in [5, 5.41) is 0. The van der Waals surface area contributed by atoms with Crippen LogP contribution in [0.5, 0.6) is 11.5 Å². The van der Waals surface area contributed by atoms with Gasteiger partial charge in [0.15, 0.2) is 11.5 Å². The molecule has 0 saturated carbocycles. The molecule has 128 valence electrons. The van der Waals surface area contributed by atoms with Crippen molar-refractivity contribution in [1.82, 2.24) is 9.47 Å². The molecule has 6 nitrogen and oxygen atoms in total. The van der Waals surface area contributed by atoms with Gasteiger partial charge in [0.1, 0.15) is 5.69 Å². The SMILES string of the molecule is COc1cc2c(cc1OC)CN(C(=O)c1c(N)cc(C)n1C)CC2. The van der Waals surface area contributed by atoms with E-state index in [1.807, 2.05) is 41.6 Å². The molecule has 1 amide bonds. The molecule has 1 aromatic heterocycles. The number of benzene rings is 1. The summed E-state index contributed by atoms with van der Waals surface area (Å²) in [7, 11) is 5.11. The number of nitrogens with two attached hydrogens (primary N) is 1. The van der Waals surface area contributed by atoms with Gasteiger partial charge in [0.05, 0.1) is 19.9 Å². The van der Waals surface area contributed by atoms with Crippen molar-refractivity contribution >= 4 is 11.6 Å². The van der Waals surface area contributed by atoms with E-state index in [9.17, 15) is 4.79 Å². The largest absolute Gasteiger partial charge is 0.493 e. The van der Waals surface area contributed by atoms with Crippen LogP contribution in [0.4, 0.5) is 5.69 Å². The molecule has 3 rings (SSSR count). The van der Waals surface area contributed by atoms with Crippen molar-refractivity contribution in [3.05, 3.63) is 40.7 Å². The summed E-state index contributed by atoms with van der Waals surface area (Å²) in [4.78, 5) is 14.7. The average Bonchev–Trinajstić information content (AvgIpc) is 2.84. The van der Waals surface area contributed by atoms with Crippen molar-refractivity contribution in [1.29, 1.82) is 0 Å². The van der Waals surface area contributed by atoms with Crippen molar-refractivity contribution in [2.24, 2.45) is 7.05 Å². The topological polar surface area (TPSA) is 69.7 Å². The predicted octanol–water partition coefficient (Wildman–Crippen LogP) is 2.13. The van der Waals surface area contributed by atoms with Crippen LogP contribution >= 0.6 is 0 Å². The highest BCUT2D eigenvalue weighted by Crippen LogP contribution is 2.33. The van der Waals surface area contributed by atoms with Gasteiger partial charge in [0.25, 0.3) is 5.91 Å². The molecule has 2 heterocycles. The second-order valence-electron chi connectivity index (χ2n) is 6.10. The second kappa shape index (κ2) is 6.11. The normalized spacial score (nSPS) is 13.6. The Hall–Kier alpha value is -2.63. The fourth-order valence-corrected chi connectivity index (χ4v) is 3.23. The van der Waals surface area contributed by atoms with Gasteiger partial charge in [-0.1, -0.05) is 0 Å². The van der Waals surface area contributed by atoms with E-state index in [4.69, 9.17) is 15.2 Å². The average molecular weight is 329 g/mol. The Morgan fingerprint density at radius 2 is 1.75 bits per heavy atom. The first-order valence-electron chi connectivity index (χ1n) is 7.91. The van der Waals surface area contributed by atoms with Crippen LogP contribution in [0, 0.1) is 6.92 Å². The lowest BCUT2D eigenvalue weighted by Crippen LogP contribution is -2.37. The van der Waals surface area contributed by atoms with Crippen LogP contribution in [-0.2, 0) is 20.0 Å². The van der Waals surface area contributed by atoms with Crippen LogP contribution < -0.4 is 15.2 Å². The Morgan fingerprint density at radius 3 is 2.29 bits per heavy atom.